The highest BCUT2D eigenvalue weighted by Crippen LogP contribution is 2.24. The number of aromatic nitrogens is 1. The van der Waals surface area contributed by atoms with Crippen molar-refractivity contribution in [2.24, 2.45) is 0 Å². The summed E-state index contributed by atoms with van der Waals surface area (Å²) >= 11 is 3.24. The first-order valence-electron chi connectivity index (χ1n) is 4.07. The molecule has 2 rings (SSSR count). The number of carbonyl (C=O) groups excluding carboxylic acids is 1. The molecule has 0 atom stereocenters. The molecular formula is C9H8BrNO2. The Labute approximate surface area is 84.2 Å². The highest BCUT2D eigenvalue weighted by Gasteiger charge is 2.26. The molecule has 1 aromatic heterocycles. The van der Waals surface area contributed by atoms with Gasteiger partial charge in [0, 0.05) is 16.9 Å². The molecule has 0 N–H and O–H groups in total. The van der Waals surface area contributed by atoms with Gasteiger partial charge in [0.15, 0.2) is 0 Å². The van der Waals surface area contributed by atoms with Crippen molar-refractivity contribution in [1.29, 1.82) is 0 Å². The third kappa shape index (κ3) is 2.28. The molecule has 68 valence electrons. The Balaban J connectivity index is 2.09. The topological polar surface area (TPSA) is 39.2 Å². The van der Waals surface area contributed by atoms with Crippen LogP contribution in [0.2, 0.25) is 0 Å². The SMILES string of the molecule is O=C(OC1CC1)c1cncc(Br)c1. The van der Waals surface area contributed by atoms with Gasteiger partial charge in [-0.25, -0.2) is 4.79 Å². The molecule has 1 heterocycles. The number of rotatable bonds is 2. The van der Waals surface area contributed by atoms with Crippen molar-refractivity contribution in [3.05, 3.63) is 28.5 Å². The first kappa shape index (κ1) is 8.69. The normalized spacial score (nSPS) is 15.5. The Kier molecular flexibility index (Phi) is 2.31. The van der Waals surface area contributed by atoms with E-state index < -0.39 is 0 Å². The van der Waals surface area contributed by atoms with Crippen LogP contribution in [0.25, 0.3) is 0 Å². The van der Waals surface area contributed by atoms with Crippen molar-refractivity contribution in [2.75, 3.05) is 0 Å². The van der Waals surface area contributed by atoms with Crippen molar-refractivity contribution in [3.63, 3.8) is 0 Å². The lowest BCUT2D eigenvalue weighted by Crippen LogP contribution is -2.06. The van der Waals surface area contributed by atoms with E-state index in [9.17, 15) is 4.79 Å². The Morgan fingerprint density at radius 3 is 2.92 bits per heavy atom. The van der Waals surface area contributed by atoms with Crippen LogP contribution in [0.3, 0.4) is 0 Å². The standard InChI is InChI=1S/C9H8BrNO2/c10-7-3-6(4-11-5-7)9(12)13-8-1-2-8/h3-5,8H,1-2H2. The van der Waals surface area contributed by atoms with Crippen LogP contribution in [0.4, 0.5) is 0 Å². The van der Waals surface area contributed by atoms with Crippen LogP contribution in [-0.2, 0) is 4.74 Å². The van der Waals surface area contributed by atoms with E-state index in [4.69, 9.17) is 4.74 Å². The molecule has 0 radical (unpaired) electrons. The van der Waals surface area contributed by atoms with Gasteiger partial charge in [-0.3, -0.25) is 4.98 Å². The van der Waals surface area contributed by atoms with Gasteiger partial charge < -0.3 is 4.74 Å². The van der Waals surface area contributed by atoms with E-state index >= 15 is 0 Å². The van der Waals surface area contributed by atoms with Gasteiger partial charge in [-0.2, -0.15) is 0 Å². The van der Waals surface area contributed by atoms with Gasteiger partial charge in [0.1, 0.15) is 6.10 Å². The Bertz CT molecular complexity index is 336. The summed E-state index contributed by atoms with van der Waals surface area (Å²) in [6, 6.07) is 1.71. The van der Waals surface area contributed by atoms with Crippen molar-refractivity contribution in [1.82, 2.24) is 4.98 Å². The lowest BCUT2D eigenvalue weighted by molar-refractivity contribution is 0.0472. The summed E-state index contributed by atoms with van der Waals surface area (Å²) < 4.78 is 5.89. The number of hydrogen-bond donors (Lipinski definition) is 0. The second kappa shape index (κ2) is 3.46. The van der Waals surface area contributed by atoms with Gasteiger partial charge in [0.05, 0.1) is 5.56 Å². The second-order valence-corrected chi connectivity index (χ2v) is 3.91. The number of nitrogens with zero attached hydrogens (tertiary/aromatic N) is 1. The monoisotopic (exact) mass is 241 g/mol. The quantitative estimate of drug-likeness (QED) is 0.746. The molecule has 13 heavy (non-hydrogen) atoms. The zero-order valence-corrected chi connectivity index (χ0v) is 8.45. The second-order valence-electron chi connectivity index (χ2n) is 3.00. The predicted octanol–water partition coefficient (Wildman–Crippen LogP) is 2.16. The molecule has 0 aromatic carbocycles. The largest absolute Gasteiger partial charge is 0.459 e. The molecule has 0 spiro atoms. The summed E-state index contributed by atoms with van der Waals surface area (Å²) in [7, 11) is 0. The molecule has 3 nitrogen and oxygen atoms in total. The van der Waals surface area contributed by atoms with Crippen LogP contribution in [0.15, 0.2) is 22.9 Å². The van der Waals surface area contributed by atoms with Crippen molar-refractivity contribution >= 4 is 21.9 Å². The number of ether oxygens (including phenoxy) is 1. The molecule has 1 aliphatic rings. The molecule has 0 aliphatic heterocycles. The third-order valence-electron chi connectivity index (χ3n) is 1.74. The number of esters is 1. The van der Waals surface area contributed by atoms with Crippen LogP contribution < -0.4 is 0 Å². The average molecular weight is 242 g/mol. The Morgan fingerprint density at radius 2 is 2.31 bits per heavy atom. The summed E-state index contributed by atoms with van der Waals surface area (Å²) in [5.41, 5.74) is 0.501. The minimum atomic E-state index is -0.281. The van der Waals surface area contributed by atoms with Gasteiger partial charge in [0.2, 0.25) is 0 Å². The molecule has 1 aliphatic carbocycles. The molecule has 1 aromatic rings. The maximum atomic E-state index is 11.4. The van der Waals surface area contributed by atoms with Gasteiger partial charge >= 0.3 is 5.97 Å². The number of halogens is 1. The highest BCUT2D eigenvalue weighted by atomic mass is 79.9. The fourth-order valence-electron chi connectivity index (χ4n) is 0.929. The summed E-state index contributed by atoms with van der Waals surface area (Å²) in [6.45, 7) is 0. The zero-order chi connectivity index (χ0) is 9.26. The van der Waals surface area contributed by atoms with Crippen LogP contribution in [0, 0.1) is 0 Å². The average Bonchev–Trinajstić information content (AvgIpc) is 2.88. The molecule has 0 saturated heterocycles. The lowest BCUT2D eigenvalue weighted by Gasteiger charge is -2.01. The predicted molar refractivity (Wildman–Crippen MR) is 50.4 cm³/mol. The van der Waals surface area contributed by atoms with Crippen molar-refractivity contribution in [3.8, 4) is 0 Å². The molecule has 0 unspecified atom stereocenters. The van der Waals surface area contributed by atoms with E-state index in [1.54, 1.807) is 12.3 Å². The summed E-state index contributed by atoms with van der Waals surface area (Å²) in [5.74, 6) is -0.281. The van der Waals surface area contributed by atoms with Crippen molar-refractivity contribution < 1.29 is 9.53 Å². The Hall–Kier alpha value is -0.900. The fraction of sp³-hybridized carbons (Fsp3) is 0.333. The van der Waals surface area contributed by atoms with E-state index in [1.165, 1.54) is 6.20 Å². The van der Waals surface area contributed by atoms with Crippen LogP contribution in [-0.4, -0.2) is 17.1 Å². The lowest BCUT2D eigenvalue weighted by atomic mass is 10.3. The highest BCUT2D eigenvalue weighted by molar-refractivity contribution is 9.10. The third-order valence-corrected chi connectivity index (χ3v) is 2.17. The van der Waals surface area contributed by atoms with E-state index in [0.29, 0.717) is 5.56 Å². The smallest absolute Gasteiger partial charge is 0.340 e. The van der Waals surface area contributed by atoms with Crippen LogP contribution in [0.1, 0.15) is 23.2 Å². The minimum absolute atomic E-state index is 0.145. The van der Waals surface area contributed by atoms with E-state index in [0.717, 1.165) is 17.3 Å². The van der Waals surface area contributed by atoms with Crippen LogP contribution in [0.5, 0.6) is 0 Å². The van der Waals surface area contributed by atoms with Gasteiger partial charge in [0.25, 0.3) is 0 Å². The number of pyridine rings is 1. The van der Waals surface area contributed by atoms with Crippen molar-refractivity contribution in [2.45, 2.75) is 18.9 Å². The number of hydrogen-bond acceptors (Lipinski definition) is 3. The van der Waals surface area contributed by atoms with E-state index in [2.05, 4.69) is 20.9 Å². The van der Waals surface area contributed by atoms with Gasteiger partial charge in [-0.1, -0.05) is 0 Å². The maximum Gasteiger partial charge on any atom is 0.340 e. The van der Waals surface area contributed by atoms with Gasteiger partial charge in [-0.05, 0) is 34.8 Å². The maximum absolute atomic E-state index is 11.4. The zero-order valence-electron chi connectivity index (χ0n) is 6.87. The first-order valence-corrected chi connectivity index (χ1v) is 4.86. The fourth-order valence-corrected chi connectivity index (χ4v) is 1.29. The van der Waals surface area contributed by atoms with Gasteiger partial charge in [-0.15, -0.1) is 0 Å². The molecular weight excluding hydrogens is 234 g/mol. The Morgan fingerprint density at radius 1 is 1.54 bits per heavy atom. The summed E-state index contributed by atoms with van der Waals surface area (Å²) in [6.07, 6.45) is 5.27. The molecule has 0 amide bonds. The summed E-state index contributed by atoms with van der Waals surface area (Å²) in [5, 5.41) is 0. The molecule has 4 heteroatoms. The molecule has 1 saturated carbocycles. The molecule has 0 bridgehead atoms. The van der Waals surface area contributed by atoms with E-state index in [1.807, 2.05) is 0 Å². The van der Waals surface area contributed by atoms with E-state index in [-0.39, 0.29) is 12.1 Å². The molecule has 1 fully saturated rings. The summed E-state index contributed by atoms with van der Waals surface area (Å²) in [4.78, 5) is 15.2. The van der Waals surface area contributed by atoms with Crippen LogP contribution >= 0.6 is 15.9 Å². The number of carbonyl (C=O) groups is 1. The minimum Gasteiger partial charge on any atom is -0.459 e. The first-order chi connectivity index (χ1) is 6.25.